The van der Waals surface area contributed by atoms with E-state index in [0.29, 0.717) is 5.54 Å². The van der Waals surface area contributed by atoms with Crippen molar-refractivity contribution in [2.75, 3.05) is 6.54 Å². The third kappa shape index (κ3) is 0.910. The van der Waals surface area contributed by atoms with Gasteiger partial charge in [0.1, 0.15) is 0 Å². The first-order valence-electron chi connectivity index (χ1n) is 5.22. The van der Waals surface area contributed by atoms with Gasteiger partial charge in [-0.2, -0.15) is 0 Å². The zero-order chi connectivity index (χ0) is 8.73. The molecule has 1 nitrogen and oxygen atoms in total. The van der Waals surface area contributed by atoms with Gasteiger partial charge in [-0.25, -0.2) is 0 Å². The maximum absolute atomic E-state index is 3.69. The number of nitrogens with one attached hydrogen (secondary N) is 1. The van der Waals surface area contributed by atoms with Gasteiger partial charge >= 0.3 is 0 Å². The first kappa shape index (κ1) is 7.57. The van der Waals surface area contributed by atoms with Crippen LogP contribution in [0.25, 0.3) is 0 Å². The predicted octanol–water partition coefficient (Wildman–Crippen LogP) is 2.29. The van der Waals surface area contributed by atoms with Gasteiger partial charge in [0, 0.05) is 5.54 Å². The molecule has 2 aliphatic rings. The quantitative estimate of drug-likeness (QED) is 0.687. The van der Waals surface area contributed by atoms with Crippen LogP contribution in [-0.2, 0) is 5.54 Å². The second-order valence-electron chi connectivity index (χ2n) is 4.29. The average Bonchev–Trinajstić information content (AvgIpc) is 2.45. The molecule has 2 atom stereocenters. The molecule has 0 aromatic heterocycles. The summed E-state index contributed by atoms with van der Waals surface area (Å²) in [5, 5.41) is 3.69. The molecule has 1 aromatic carbocycles. The molecule has 68 valence electrons. The largest absolute Gasteiger partial charge is 0.307 e. The minimum absolute atomic E-state index is 0.376. The fraction of sp³-hybridized carbons (Fsp3) is 0.500. The fourth-order valence-corrected chi connectivity index (χ4v) is 2.95. The number of hydrogen-bond donors (Lipinski definition) is 1. The second kappa shape index (κ2) is 2.58. The van der Waals surface area contributed by atoms with Crippen LogP contribution in [0.1, 0.15) is 24.8 Å². The van der Waals surface area contributed by atoms with E-state index in [1.54, 1.807) is 0 Å². The summed E-state index contributed by atoms with van der Waals surface area (Å²) in [5.41, 5.74) is 1.88. The van der Waals surface area contributed by atoms with Crippen molar-refractivity contribution in [3.63, 3.8) is 0 Å². The normalized spacial score (nSPS) is 36.8. The average molecular weight is 173 g/mol. The van der Waals surface area contributed by atoms with E-state index < -0.39 is 0 Å². The molecule has 3 rings (SSSR count). The van der Waals surface area contributed by atoms with Crippen molar-refractivity contribution < 1.29 is 0 Å². The van der Waals surface area contributed by atoms with Crippen molar-refractivity contribution in [3.8, 4) is 0 Å². The molecular formula is C12H15N. The van der Waals surface area contributed by atoms with E-state index in [9.17, 15) is 0 Å². The van der Waals surface area contributed by atoms with E-state index in [1.807, 2.05) is 0 Å². The van der Waals surface area contributed by atoms with E-state index in [-0.39, 0.29) is 0 Å². The molecule has 13 heavy (non-hydrogen) atoms. The van der Waals surface area contributed by atoms with Crippen LogP contribution in [-0.4, -0.2) is 6.54 Å². The third-order valence-electron chi connectivity index (χ3n) is 3.81. The van der Waals surface area contributed by atoms with Crippen molar-refractivity contribution in [1.82, 2.24) is 5.32 Å². The highest BCUT2D eigenvalue weighted by Gasteiger charge is 2.50. The Bertz CT molecular complexity index is 306. The molecular weight excluding hydrogens is 158 g/mol. The summed E-state index contributed by atoms with van der Waals surface area (Å²) in [6, 6.07) is 10.9. The zero-order valence-electron chi connectivity index (χ0n) is 7.79. The molecule has 0 unspecified atom stereocenters. The third-order valence-corrected chi connectivity index (χ3v) is 3.81. The Morgan fingerprint density at radius 1 is 1.15 bits per heavy atom. The van der Waals surface area contributed by atoms with Gasteiger partial charge in [-0.3, -0.25) is 0 Å². The standard InChI is InChI=1S/C12H15N/c1-2-4-10(5-3-1)12-8-6-11(12)7-9-13-12/h1-5,11,13H,6-9H2/t11-,12-/m1/s1. The zero-order valence-corrected chi connectivity index (χ0v) is 7.79. The van der Waals surface area contributed by atoms with Crippen LogP contribution in [0.2, 0.25) is 0 Å². The van der Waals surface area contributed by atoms with Gasteiger partial charge < -0.3 is 5.32 Å². The second-order valence-corrected chi connectivity index (χ2v) is 4.29. The number of hydrogen-bond acceptors (Lipinski definition) is 1. The minimum Gasteiger partial charge on any atom is -0.307 e. The van der Waals surface area contributed by atoms with Crippen LogP contribution in [0.3, 0.4) is 0 Å². The van der Waals surface area contributed by atoms with Gasteiger partial charge in [0.25, 0.3) is 0 Å². The van der Waals surface area contributed by atoms with Gasteiger partial charge in [-0.15, -0.1) is 0 Å². The molecule has 1 saturated heterocycles. The lowest BCUT2D eigenvalue weighted by Crippen LogP contribution is -2.48. The van der Waals surface area contributed by atoms with Crippen LogP contribution >= 0.6 is 0 Å². The van der Waals surface area contributed by atoms with Crippen LogP contribution in [0, 0.1) is 5.92 Å². The Morgan fingerprint density at radius 2 is 2.00 bits per heavy atom. The molecule has 1 heterocycles. The Hall–Kier alpha value is -0.820. The highest BCUT2D eigenvalue weighted by Crippen LogP contribution is 2.51. The first-order chi connectivity index (χ1) is 6.42. The fourth-order valence-electron chi connectivity index (χ4n) is 2.95. The van der Waals surface area contributed by atoms with Crippen molar-refractivity contribution in [2.24, 2.45) is 5.92 Å². The highest BCUT2D eigenvalue weighted by molar-refractivity contribution is 5.30. The Balaban J connectivity index is 2.00. The Morgan fingerprint density at radius 3 is 2.62 bits per heavy atom. The summed E-state index contributed by atoms with van der Waals surface area (Å²) in [5.74, 6) is 0.912. The summed E-state index contributed by atoms with van der Waals surface area (Å²) >= 11 is 0. The van der Waals surface area contributed by atoms with Gasteiger partial charge in [-0.05, 0) is 37.3 Å². The van der Waals surface area contributed by atoms with Gasteiger partial charge in [0.15, 0.2) is 0 Å². The molecule has 2 fully saturated rings. The van der Waals surface area contributed by atoms with Crippen molar-refractivity contribution in [1.29, 1.82) is 0 Å². The van der Waals surface area contributed by atoms with E-state index >= 15 is 0 Å². The van der Waals surface area contributed by atoms with E-state index in [2.05, 4.69) is 35.6 Å². The van der Waals surface area contributed by atoms with Crippen LogP contribution in [0.5, 0.6) is 0 Å². The Kier molecular flexibility index (Phi) is 1.50. The minimum atomic E-state index is 0.376. The highest BCUT2D eigenvalue weighted by atomic mass is 15.0. The molecule has 1 aliphatic carbocycles. The van der Waals surface area contributed by atoms with E-state index in [0.717, 1.165) is 5.92 Å². The summed E-state index contributed by atoms with van der Waals surface area (Å²) in [4.78, 5) is 0. The molecule has 0 amide bonds. The molecule has 0 spiro atoms. The maximum Gasteiger partial charge on any atom is 0.0463 e. The maximum atomic E-state index is 3.69. The molecule has 1 aromatic rings. The lowest BCUT2D eigenvalue weighted by atomic mass is 9.64. The van der Waals surface area contributed by atoms with Gasteiger partial charge in [0.2, 0.25) is 0 Å². The smallest absolute Gasteiger partial charge is 0.0463 e. The summed E-state index contributed by atoms with van der Waals surface area (Å²) in [6.45, 7) is 1.21. The van der Waals surface area contributed by atoms with Crippen molar-refractivity contribution >= 4 is 0 Å². The molecule has 1 saturated carbocycles. The van der Waals surface area contributed by atoms with Gasteiger partial charge in [-0.1, -0.05) is 30.3 Å². The van der Waals surface area contributed by atoms with Gasteiger partial charge in [0.05, 0.1) is 0 Å². The Labute approximate surface area is 79.2 Å². The topological polar surface area (TPSA) is 12.0 Å². The molecule has 0 radical (unpaired) electrons. The number of benzene rings is 1. The van der Waals surface area contributed by atoms with E-state index in [4.69, 9.17) is 0 Å². The summed E-state index contributed by atoms with van der Waals surface area (Å²) in [7, 11) is 0. The number of fused-ring (bicyclic) bond motifs is 1. The lowest BCUT2D eigenvalue weighted by molar-refractivity contribution is 0.136. The number of rotatable bonds is 1. The first-order valence-corrected chi connectivity index (χ1v) is 5.22. The SMILES string of the molecule is c1ccc([C@]23CC[C@@H]2CCN3)cc1. The lowest BCUT2D eigenvalue weighted by Gasteiger charge is -2.45. The molecule has 1 aliphatic heterocycles. The van der Waals surface area contributed by atoms with E-state index in [1.165, 1.54) is 31.4 Å². The van der Waals surface area contributed by atoms with Crippen molar-refractivity contribution in [2.45, 2.75) is 24.8 Å². The van der Waals surface area contributed by atoms with Crippen LogP contribution in [0.4, 0.5) is 0 Å². The summed E-state index contributed by atoms with van der Waals surface area (Å²) in [6.07, 6.45) is 4.12. The summed E-state index contributed by atoms with van der Waals surface area (Å²) < 4.78 is 0. The molecule has 0 bridgehead atoms. The van der Waals surface area contributed by atoms with Crippen LogP contribution < -0.4 is 5.32 Å². The molecule has 1 N–H and O–H groups in total. The van der Waals surface area contributed by atoms with Crippen molar-refractivity contribution in [3.05, 3.63) is 35.9 Å². The predicted molar refractivity (Wildman–Crippen MR) is 53.5 cm³/mol. The molecule has 1 heteroatoms. The monoisotopic (exact) mass is 173 g/mol. The van der Waals surface area contributed by atoms with Crippen LogP contribution in [0.15, 0.2) is 30.3 Å².